The largest absolute Gasteiger partial charge is 0.455 e. The molecule has 1 N–H and O–H groups in total. The summed E-state index contributed by atoms with van der Waals surface area (Å²) in [5.74, 6) is 1.50. The Morgan fingerprint density at radius 2 is 1.90 bits per heavy atom. The SMILES string of the molecule is CCNCc1cccc(Cl)c1Oc1cccc(N(C)C)c1. The highest BCUT2D eigenvalue weighted by Gasteiger charge is 2.10. The summed E-state index contributed by atoms with van der Waals surface area (Å²) in [5, 5.41) is 3.93. The number of nitrogens with one attached hydrogen (secondary N) is 1. The first-order chi connectivity index (χ1) is 10.1. The Morgan fingerprint density at radius 1 is 1.14 bits per heavy atom. The number of rotatable bonds is 6. The van der Waals surface area contributed by atoms with Crippen LogP contribution in [-0.2, 0) is 6.54 Å². The highest BCUT2D eigenvalue weighted by atomic mass is 35.5. The molecule has 0 saturated carbocycles. The molecule has 2 aromatic rings. The van der Waals surface area contributed by atoms with Gasteiger partial charge in [0.05, 0.1) is 5.02 Å². The van der Waals surface area contributed by atoms with E-state index in [4.69, 9.17) is 16.3 Å². The summed E-state index contributed by atoms with van der Waals surface area (Å²) < 4.78 is 6.03. The van der Waals surface area contributed by atoms with E-state index >= 15 is 0 Å². The normalized spacial score (nSPS) is 10.5. The first kappa shape index (κ1) is 15.7. The summed E-state index contributed by atoms with van der Waals surface area (Å²) in [7, 11) is 4.01. The van der Waals surface area contributed by atoms with Gasteiger partial charge in [-0.25, -0.2) is 0 Å². The van der Waals surface area contributed by atoms with E-state index in [0.29, 0.717) is 5.02 Å². The first-order valence-electron chi connectivity index (χ1n) is 7.05. The summed E-state index contributed by atoms with van der Waals surface area (Å²) in [6, 6.07) is 13.8. The first-order valence-corrected chi connectivity index (χ1v) is 7.43. The Bertz CT molecular complexity index is 599. The molecule has 0 atom stereocenters. The molecule has 0 aromatic heterocycles. The average molecular weight is 305 g/mol. The fourth-order valence-electron chi connectivity index (χ4n) is 2.01. The van der Waals surface area contributed by atoms with Crippen LogP contribution in [0.3, 0.4) is 0 Å². The van der Waals surface area contributed by atoms with E-state index in [-0.39, 0.29) is 0 Å². The summed E-state index contributed by atoms with van der Waals surface area (Å²) in [6.45, 7) is 3.72. The van der Waals surface area contributed by atoms with Crippen molar-refractivity contribution in [1.29, 1.82) is 0 Å². The van der Waals surface area contributed by atoms with Crippen LogP contribution in [0, 0.1) is 0 Å². The van der Waals surface area contributed by atoms with Gasteiger partial charge in [0.15, 0.2) is 0 Å². The van der Waals surface area contributed by atoms with Crippen molar-refractivity contribution < 1.29 is 4.74 Å². The molecule has 0 fully saturated rings. The maximum atomic E-state index is 6.30. The quantitative estimate of drug-likeness (QED) is 0.860. The highest BCUT2D eigenvalue weighted by molar-refractivity contribution is 6.32. The fraction of sp³-hybridized carbons (Fsp3) is 0.294. The Morgan fingerprint density at radius 3 is 2.62 bits per heavy atom. The van der Waals surface area contributed by atoms with Gasteiger partial charge in [0, 0.05) is 38.0 Å². The van der Waals surface area contributed by atoms with Crippen LogP contribution in [0.15, 0.2) is 42.5 Å². The van der Waals surface area contributed by atoms with Crippen molar-refractivity contribution in [3.8, 4) is 11.5 Å². The molecule has 2 rings (SSSR count). The van der Waals surface area contributed by atoms with Gasteiger partial charge in [0.25, 0.3) is 0 Å². The van der Waals surface area contributed by atoms with Gasteiger partial charge in [-0.1, -0.05) is 36.7 Å². The third-order valence-corrected chi connectivity index (χ3v) is 3.47. The Labute approximate surface area is 131 Å². The van der Waals surface area contributed by atoms with E-state index in [2.05, 4.69) is 12.2 Å². The molecular formula is C17H21ClN2O. The van der Waals surface area contributed by atoms with Crippen molar-refractivity contribution in [3.05, 3.63) is 53.1 Å². The molecule has 0 spiro atoms. The van der Waals surface area contributed by atoms with Gasteiger partial charge in [-0.15, -0.1) is 0 Å². The van der Waals surface area contributed by atoms with Crippen LogP contribution in [0.5, 0.6) is 11.5 Å². The Hall–Kier alpha value is -1.71. The van der Waals surface area contributed by atoms with Gasteiger partial charge in [-0.2, -0.15) is 0 Å². The minimum absolute atomic E-state index is 0.626. The second-order valence-corrected chi connectivity index (χ2v) is 5.41. The molecule has 0 radical (unpaired) electrons. The molecule has 0 unspecified atom stereocenters. The molecule has 112 valence electrons. The predicted octanol–water partition coefficient (Wildman–Crippen LogP) is 4.31. The van der Waals surface area contributed by atoms with Crippen LogP contribution in [0.2, 0.25) is 5.02 Å². The topological polar surface area (TPSA) is 24.5 Å². The zero-order valence-electron chi connectivity index (χ0n) is 12.7. The van der Waals surface area contributed by atoms with Gasteiger partial charge in [-0.05, 0) is 24.7 Å². The lowest BCUT2D eigenvalue weighted by Gasteiger charge is -2.16. The number of hydrogen-bond acceptors (Lipinski definition) is 3. The predicted molar refractivity (Wildman–Crippen MR) is 89.7 cm³/mol. The minimum atomic E-state index is 0.626. The van der Waals surface area contributed by atoms with Gasteiger partial charge in [0.2, 0.25) is 0 Å². The van der Waals surface area contributed by atoms with Crippen LogP contribution in [0.1, 0.15) is 12.5 Å². The molecule has 0 aliphatic rings. The number of nitrogens with zero attached hydrogens (tertiary/aromatic N) is 1. The number of benzene rings is 2. The van der Waals surface area contributed by atoms with Crippen LogP contribution >= 0.6 is 11.6 Å². The maximum Gasteiger partial charge on any atom is 0.150 e. The number of anilines is 1. The molecule has 3 nitrogen and oxygen atoms in total. The Kier molecular flexibility index (Phi) is 5.48. The van der Waals surface area contributed by atoms with Crippen LogP contribution in [-0.4, -0.2) is 20.6 Å². The standard InChI is InChI=1S/C17H21ClN2O/c1-4-19-12-13-7-5-10-16(18)17(13)21-15-9-6-8-14(11-15)20(2)3/h5-11,19H,4,12H2,1-3H3. The van der Waals surface area contributed by atoms with E-state index in [1.165, 1.54) is 0 Å². The van der Waals surface area contributed by atoms with Crippen LogP contribution in [0.4, 0.5) is 5.69 Å². The molecule has 0 aliphatic carbocycles. The monoisotopic (exact) mass is 304 g/mol. The van der Waals surface area contributed by atoms with Crippen molar-refractivity contribution in [3.63, 3.8) is 0 Å². The molecular weight excluding hydrogens is 284 g/mol. The van der Waals surface area contributed by atoms with E-state index in [1.807, 2.05) is 61.5 Å². The third kappa shape index (κ3) is 4.13. The highest BCUT2D eigenvalue weighted by Crippen LogP contribution is 2.34. The summed E-state index contributed by atoms with van der Waals surface area (Å²) in [5.41, 5.74) is 2.15. The van der Waals surface area contributed by atoms with E-state index < -0.39 is 0 Å². The van der Waals surface area contributed by atoms with Gasteiger partial charge < -0.3 is 15.0 Å². The molecule has 2 aromatic carbocycles. The van der Waals surface area contributed by atoms with Crippen molar-refractivity contribution >= 4 is 17.3 Å². The average Bonchev–Trinajstić information content (AvgIpc) is 2.48. The third-order valence-electron chi connectivity index (χ3n) is 3.17. The zero-order chi connectivity index (χ0) is 15.2. The molecule has 0 saturated heterocycles. The number of halogens is 1. The minimum Gasteiger partial charge on any atom is -0.455 e. The fourth-order valence-corrected chi connectivity index (χ4v) is 2.24. The lowest BCUT2D eigenvalue weighted by molar-refractivity contribution is 0.473. The van der Waals surface area contributed by atoms with Gasteiger partial charge in [0.1, 0.15) is 11.5 Å². The second kappa shape index (κ2) is 7.34. The lowest BCUT2D eigenvalue weighted by atomic mass is 10.2. The number of para-hydroxylation sites is 1. The van der Waals surface area contributed by atoms with Crippen molar-refractivity contribution in [2.45, 2.75) is 13.5 Å². The number of hydrogen-bond donors (Lipinski definition) is 1. The van der Waals surface area contributed by atoms with Crippen LogP contribution in [0.25, 0.3) is 0 Å². The van der Waals surface area contributed by atoms with E-state index in [1.54, 1.807) is 0 Å². The van der Waals surface area contributed by atoms with E-state index in [9.17, 15) is 0 Å². The molecule has 0 heterocycles. The molecule has 21 heavy (non-hydrogen) atoms. The summed E-state index contributed by atoms with van der Waals surface area (Å²) in [4.78, 5) is 2.04. The number of ether oxygens (including phenoxy) is 1. The summed E-state index contributed by atoms with van der Waals surface area (Å²) >= 11 is 6.30. The zero-order valence-corrected chi connectivity index (χ0v) is 13.4. The van der Waals surface area contributed by atoms with Gasteiger partial charge in [-0.3, -0.25) is 0 Å². The molecule has 0 aliphatic heterocycles. The lowest BCUT2D eigenvalue weighted by Crippen LogP contribution is -2.12. The molecule has 0 amide bonds. The second-order valence-electron chi connectivity index (χ2n) is 5.00. The Balaban J connectivity index is 2.28. The molecule has 4 heteroatoms. The maximum absolute atomic E-state index is 6.30. The van der Waals surface area contributed by atoms with Crippen molar-refractivity contribution in [1.82, 2.24) is 5.32 Å². The summed E-state index contributed by atoms with van der Waals surface area (Å²) in [6.07, 6.45) is 0. The van der Waals surface area contributed by atoms with Crippen LogP contribution < -0.4 is 15.0 Å². The smallest absolute Gasteiger partial charge is 0.150 e. The van der Waals surface area contributed by atoms with Crippen molar-refractivity contribution in [2.75, 3.05) is 25.5 Å². The van der Waals surface area contributed by atoms with Gasteiger partial charge >= 0.3 is 0 Å². The van der Waals surface area contributed by atoms with E-state index in [0.717, 1.165) is 35.8 Å². The molecule has 0 bridgehead atoms. The van der Waals surface area contributed by atoms with Crippen molar-refractivity contribution in [2.24, 2.45) is 0 Å².